The highest BCUT2D eigenvalue weighted by molar-refractivity contribution is 7.59. The van der Waals surface area contributed by atoms with Crippen LogP contribution in [0, 0.1) is 0 Å². The molecule has 4 amide bonds. The lowest BCUT2D eigenvalue weighted by Crippen LogP contribution is -2.46. The molecule has 4 N–H and O–H groups in total. The Hall–Kier alpha value is -6.83. The maximum atomic E-state index is 13.9. The Morgan fingerprint density at radius 3 is 2.00 bits per heavy atom. The number of amides is 4. The average Bonchev–Trinajstić information content (AvgIpc) is 3.25. The molecule has 63 heavy (non-hydrogen) atoms. The molecule has 6 rings (SSSR count). The van der Waals surface area contributed by atoms with Gasteiger partial charge in [0, 0.05) is 28.9 Å². The van der Waals surface area contributed by atoms with E-state index in [2.05, 4.69) is 28.0 Å². The SMILES string of the molecule is C.C=CCOc1ccc2ccccc2c1-c1c(OCC(=O)N[C@H](CCCNC(=O)OC(C)(C)C)C(=O)Nc2cccc(C(=O)NOCc3ccccc3)c2)ccc2ccccc12.S. The lowest BCUT2D eigenvalue weighted by molar-refractivity contribution is -0.128. The molecule has 0 spiro atoms. The minimum absolute atomic E-state index is 0. The number of alkyl carbamates (subject to hydrolysis) is 1. The average molecular weight is 873 g/mol. The maximum Gasteiger partial charge on any atom is 0.407 e. The molecule has 13 heteroatoms. The molecule has 1 atom stereocenters. The van der Waals surface area contributed by atoms with Gasteiger partial charge in [-0.2, -0.15) is 13.5 Å². The summed E-state index contributed by atoms with van der Waals surface area (Å²) in [5.74, 6) is -0.515. The second-order valence-electron chi connectivity index (χ2n) is 15.2. The fourth-order valence-electron chi connectivity index (χ4n) is 6.65. The molecule has 6 aromatic carbocycles. The van der Waals surface area contributed by atoms with Crippen molar-refractivity contribution < 1.29 is 38.2 Å². The molecule has 330 valence electrons. The number of ether oxygens (including phenoxy) is 3. The van der Waals surface area contributed by atoms with E-state index in [1.54, 1.807) is 45.0 Å². The first kappa shape index (κ1) is 48.8. The topological polar surface area (TPSA) is 153 Å². The summed E-state index contributed by atoms with van der Waals surface area (Å²) in [4.78, 5) is 58.2. The minimum atomic E-state index is -1.05. The molecule has 0 unspecified atom stereocenters. The van der Waals surface area contributed by atoms with Crippen LogP contribution in [0.1, 0.15) is 57.0 Å². The zero-order valence-electron chi connectivity index (χ0n) is 35.0. The van der Waals surface area contributed by atoms with Crippen LogP contribution in [0.3, 0.4) is 0 Å². The summed E-state index contributed by atoms with van der Waals surface area (Å²) in [5.41, 5.74) is 4.76. The number of nitrogens with one attached hydrogen (secondary N) is 4. The Bertz CT molecular complexity index is 2510. The Kier molecular flexibility index (Phi) is 18.1. The molecule has 0 aliphatic rings. The number of hydrogen-bond donors (Lipinski definition) is 4. The fraction of sp³-hybridized carbons (Fsp3) is 0.240. The first-order valence-corrected chi connectivity index (χ1v) is 20.0. The van der Waals surface area contributed by atoms with Crippen molar-refractivity contribution in [1.29, 1.82) is 0 Å². The number of hydrogen-bond acceptors (Lipinski definition) is 8. The highest BCUT2D eigenvalue weighted by atomic mass is 32.1. The van der Waals surface area contributed by atoms with Crippen LogP contribution in [-0.4, -0.2) is 55.2 Å². The second-order valence-corrected chi connectivity index (χ2v) is 15.2. The van der Waals surface area contributed by atoms with E-state index in [9.17, 15) is 19.2 Å². The van der Waals surface area contributed by atoms with Gasteiger partial charge in [0.25, 0.3) is 11.8 Å². The van der Waals surface area contributed by atoms with Gasteiger partial charge in [-0.05, 0) is 91.1 Å². The standard InChI is InChI=1S/C49H50N4O8.CH4.H2S/c1-5-29-58-41-26-24-34-17-9-11-21-38(34)44(41)45-39-22-12-10-18-35(39)25-27-42(45)59-32-43(54)52-40(23-14-28-50-48(57)61-49(2,3)4)47(56)51-37-20-13-19-36(30-37)46(55)53-60-31-33-15-7-6-8-16-33;;/h5-13,15-22,24-27,30,40H,1,14,23,28-29,31-32H2,2-4H3,(H,50,57)(H,51,56)(H,52,54)(H,53,55);1H4;1H2/t40-;;/m1../s1. The number of fused-ring (bicyclic) bond motifs is 2. The van der Waals surface area contributed by atoms with Gasteiger partial charge in [-0.25, -0.2) is 10.3 Å². The van der Waals surface area contributed by atoms with Gasteiger partial charge >= 0.3 is 6.09 Å². The van der Waals surface area contributed by atoms with Gasteiger partial charge in [0.05, 0.1) is 6.61 Å². The van der Waals surface area contributed by atoms with E-state index in [1.165, 1.54) is 6.07 Å². The monoisotopic (exact) mass is 872 g/mol. The van der Waals surface area contributed by atoms with Crippen molar-refractivity contribution in [3.8, 4) is 22.6 Å². The molecule has 0 aliphatic heterocycles. The summed E-state index contributed by atoms with van der Waals surface area (Å²) in [6, 6.07) is 38.2. The third kappa shape index (κ3) is 13.8. The molecule has 6 aromatic rings. The highest BCUT2D eigenvalue weighted by Gasteiger charge is 2.24. The molecule has 0 fully saturated rings. The molecule has 0 heterocycles. The van der Waals surface area contributed by atoms with Crippen molar-refractivity contribution in [1.82, 2.24) is 16.1 Å². The largest absolute Gasteiger partial charge is 0.489 e. The lowest BCUT2D eigenvalue weighted by atomic mass is 9.92. The van der Waals surface area contributed by atoms with E-state index in [4.69, 9.17) is 19.0 Å². The Balaban J connectivity index is 0.00000436. The summed E-state index contributed by atoms with van der Waals surface area (Å²) in [6.07, 6.45) is 1.57. The predicted molar refractivity (Wildman–Crippen MR) is 254 cm³/mol. The molecular weight excluding hydrogens is 817 g/mol. The van der Waals surface area contributed by atoms with Crippen molar-refractivity contribution in [2.75, 3.05) is 25.1 Å². The van der Waals surface area contributed by atoms with Crippen LogP contribution in [0.2, 0.25) is 0 Å². The Morgan fingerprint density at radius 2 is 1.37 bits per heavy atom. The Labute approximate surface area is 375 Å². The quantitative estimate of drug-likeness (QED) is 0.0379. The smallest absolute Gasteiger partial charge is 0.407 e. The maximum absolute atomic E-state index is 13.9. The number of anilines is 1. The van der Waals surface area contributed by atoms with Crippen LogP contribution < -0.4 is 30.9 Å². The molecule has 0 saturated heterocycles. The second kappa shape index (κ2) is 23.4. The van der Waals surface area contributed by atoms with Crippen LogP contribution >= 0.6 is 13.5 Å². The van der Waals surface area contributed by atoms with Crippen LogP contribution in [0.5, 0.6) is 11.5 Å². The minimum Gasteiger partial charge on any atom is -0.489 e. The van der Waals surface area contributed by atoms with E-state index in [0.29, 0.717) is 23.6 Å². The van der Waals surface area contributed by atoms with E-state index in [0.717, 1.165) is 38.2 Å². The van der Waals surface area contributed by atoms with Crippen molar-refractivity contribution in [2.24, 2.45) is 0 Å². The molecule has 0 saturated carbocycles. The normalized spacial score (nSPS) is 11.2. The van der Waals surface area contributed by atoms with Gasteiger partial charge in [-0.15, -0.1) is 0 Å². The van der Waals surface area contributed by atoms with Gasteiger partial charge in [-0.1, -0.05) is 117 Å². The van der Waals surface area contributed by atoms with Crippen molar-refractivity contribution in [3.63, 3.8) is 0 Å². The van der Waals surface area contributed by atoms with Gasteiger partial charge in [0.15, 0.2) is 6.61 Å². The summed E-state index contributed by atoms with van der Waals surface area (Å²) < 4.78 is 17.8. The number of carbonyl (C=O) groups excluding carboxylic acids is 4. The fourth-order valence-corrected chi connectivity index (χ4v) is 6.65. The molecule has 0 radical (unpaired) electrons. The summed E-state index contributed by atoms with van der Waals surface area (Å²) in [7, 11) is 0. The van der Waals surface area contributed by atoms with E-state index in [-0.39, 0.29) is 52.7 Å². The van der Waals surface area contributed by atoms with Gasteiger partial charge in [-0.3, -0.25) is 19.2 Å². The lowest BCUT2D eigenvalue weighted by Gasteiger charge is -2.21. The molecular formula is C50H56N4O8S. The predicted octanol–water partition coefficient (Wildman–Crippen LogP) is 9.64. The van der Waals surface area contributed by atoms with Crippen molar-refractivity contribution in [3.05, 3.63) is 151 Å². The van der Waals surface area contributed by atoms with Gasteiger partial charge in [0.1, 0.15) is 29.7 Å². The molecule has 0 bridgehead atoms. The Morgan fingerprint density at radius 1 is 0.746 bits per heavy atom. The molecule has 0 aromatic heterocycles. The zero-order valence-corrected chi connectivity index (χ0v) is 36.0. The van der Waals surface area contributed by atoms with E-state index in [1.807, 2.05) is 103 Å². The first-order chi connectivity index (χ1) is 29.5. The van der Waals surface area contributed by atoms with Crippen LogP contribution in [-0.2, 0) is 25.8 Å². The van der Waals surface area contributed by atoms with E-state index < -0.39 is 42.1 Å². The van der Waals surface area contributed by atoms with Crippen LogP contribution in [0.15, 0.2) is 140 Å². The van der Waals surface area contributed by atoms with Gasteiger partial charge in [0.2, 0.25) is 5.91 Å². The number of benzene rings is 6. The van der Waals surface area contributed by atoms with Crippen molar-refractivity contribution >= 4 is 64.5 Å². The number of carbonyl (C=O) groups is 4. The molecule has 12 nitrogen and oxygen atoms in total. The third-order valence-corrected chi connectivity index (χ3v) is 9.38. The summed E-state index contributed by atoms with van der Waals surface area (Å²) in [5, 5.41) is 12.1. The summed E-state index contributed by atoms with van der Waals surface area (Å²) in [6.45, 7) is 9.34. The number of rotatable bonds is 18. The third-order valence-electron chi connectivity index (χ3n) is 9.38. The zero-order chi connectivity index (χ0) is 43.2. The molecule has 0 aliphatic carbocycles. The van der Waals surface area contributed by atoms with E-state index >= 15 is 0 Å². The van der Waals surface area contributed by atoms with Crippen LogP contribution in [0.4, 0.5) is 10.5 Å². The highest BCUT2D eigenvalue weighted by Crippen LogP contribution is 2.45. The van der Waals surface area contributed by atoms with Crippen LogP contribution in [0.25, 0.3) is 32.7 Å². The number of hydroxylamine groups is 1. The van der Waals surface area contributed by atoms with Crippen molar-refractivity contribution in [2.45, 2.75) is 59.3 Å². The summed E-state index contributed by atoms with van der Waals surface area (Å²) >= 11 is 0. The first-order valence-electron chi connectivity index (χ1n) is 20.0. The van der Waals surface area contributed by atoms with Gasteiger partial charge < -0.3 is 30.2 Å².